The molecule has 0 unspecified atom stereocenters. The lowest BCUT2D eigenvalue weighted by Crippen LogP contribution is -2.29. The van der Waals surface area contributed by atoms with E-state index in [1.54, 1.807) is 0 Å². The van der Waals surface area contributed by atoms with Gasteiger partial charge in [0.1, 0.15) is 6.23 Å². The van der Waals surface area contributed by atoms with Gasteiger partial charge in [-0.15, -0.1) is 0 Å². The van der Waals surface area contributed by atoms with Gasteiger partial charge in [-0.2, -0.15) is 5.48 Å². The van der Waals surface area contributed by atoms with E-state index < -0.39 is 6.23 Å². The summed E-state index contributed by atoms with van der Waals surface area (Å²) < 4.78 is 0. The molecule has 0 aliphatic rings. The number of nitrogens with one attached hydrogen (secondary N) is 1. The first-order valence-corrected chi connectivity index (χ1v) is 5.17. The minimum atomic E-state index is -0.684. The van der Waals surface area contributed by atoms with Gasteiger partial charge < -0.3 is 15.9 Å². The largest absolute Gasteiger partial charge is 0.396 e. The summed E-state index contributed by atoms with van der Waals surface area (Å²) in [5.74, 6) is 0. The van der Waals surface area contributed by atoms with Crippen LogP contribution >= 0.6 is 0 Å². The van der Waals surface area contributed by atoms with Gasteiger partial charge in [-0.05, 0) is 38.6 Å². The SMILES string of the molecule is NCCCCCON[C@H](O)CCCO. The summed E-state index contributed by atoms with van der Waals surface area (Å²) in [6.45, 7) is 1.39. The molecule has 5 nitrogen and oxygen atoms in total. The summed E-state index contributed by atoms with van der Waals surface area (Å²) in [5, 5.41) is 17.7. The van der Waals surface area contributed by atoms with Crippen molar-refractivity contribution in [3.05, 3.63) is 0 Å². The highest BCUT2D eigenvalue weighted by Gasteiger charge is 2.01. The van der Waals surface area contributed by atoms with Crippen LogP contribution in [0.3, 0.4) is 0 Å². The molecule has 1 atom stereocenters. The Morgan fingerprint density at radius 3 is 2.64 bits per heavy atom. The molecular weight excluding hydrogens is 184 g/mol. The van der Waals surface area contributed by atoms with E-state index in [4.69, 9.17) is 15.7 Å². The Labute approximate surface area is 85.2 Å². The normalized spacial score (nSPS) is 13.1. The molecule has 0 spiro atoms. The van der Waals surface area contributed by atoms with Crippen LogP contribution in [0.1, 0.15) is 32.1 Å². The van der Waals surface area contributed by atoms with Gasteiger partial charge in [0.15, 0.2) is 0 Å². The van der Waals surface area contributed by atoms with E-state index in [-0.39, 0.29) is 6.61 Å². The third-order valence-electron chi connectivity index (χ3n) is 1.81. The molecule has 5 heteroatoms. The lowest BCUT2D eigenvalue weighted by atomic mass is 10.2. The Kier molecular flexibility index (Phi) is 10.7. The van der Waals surface area contributed by atoms with Gasteiger partial charge in [0, 0.05) is 6.61 Å². The van der Waals surface area contributed by atoms with Crippen molar-refractivity contribution in [2.24, 2.45) is 5.73 Å². The zero-order valence-electron chi connectivity index (χ0n) is 8.61. The maximum Gasteiger partial charge on any atom is 0.127 e. The number of hydroxylamine groups is 1. The van der Waals surface area contributed by atoms with Crippen molar-refractivity contribution in [1.82, 2.24) is 5.48 Å². The van der Waals surface area contributed by atoms with Gasteiger partial charge >= 0.3 is 0 Å². The summed E-state index contributed by atoms with van der Waals surface area (Å²) in [6, 6.07) is 0. The van der Waals surface area contributed by atoms with E-state index in [2.05, 4.69) is 5.48 Å². The van der Waals surface area contributed by atoms with Crippen molar-refractivity contribution in [3.63, 3.8) is 0 Å². The quantitative estimate of drug-likeness (QED) is 0.224. The van der Waals surface area contributed by atoms with Crippen LogP contribution < -0.4 is 11.2 Å². The van der Waals surface area contributed by atoms with Gasteiger partial charge in [0.2, 0.25) is 0 Å². The maximum absolute atomic E-state index is 9.22. The van der Waals surface area contributed by atoms with Gasteiger partial charge in [0.05, 0.1) is 6.61 Å². The van der Waals surface area contributed by atoms with Crippen molar-refractivity contribution in [2.45, 2.75) is 38.3 Å². The predicted octanol–water partition coefficient (Wildman–Crippen LogP) is -0.273. The summed E-state index contributed by atoms with van der Waals surface area (Å²) in [4.78, 5) is 5.02. The Morgan fingerprint density at radius 2 is 2.00 bits per heavy atom. The first-order chi connectivity index (χ1) is 6.81. The van der Waals surface area contributed by atoms with E-state index in [1.807, 2.05) is 0 Å². The van der Waals surface area contributed by atoms with E-state index in [0.29, 0.717) is 26.0 Å². The monoisotopic (exact) mass is 206 g/mol. The average molecular weight is 206 g/mol. The zero-order chi connectivity index (χ0) is 10.6. The fraction of sp³-hybridized carbons (Fsp3) is 1.00. The van der Waals surface area contributed by atoms with Gasteiger partial charge in [-0.25, -0.2) is 0 Å². The summed E-state index contributed by atoms with van der Waals surface area (Å²) in [6.07, 6.45) is 3.39. The van der Waals surface area contributed by atoms with Crippen LogP contribution in [0, 0.1) is 0 Å². The van der Waals surface area contributed by atoms with E-state index >= 15 is 0 Å². The van der Waals surface area contributed by atoms with Crippen LogP contribution in [0.4, 0.5) is 0 Å². The van der Waals surface area contributed by atoms with E-state index in [1.165, 1.54) is 0 Å². The standard InChI is InChI=1S/C9H22N2O3/c10-6-2-1-3-8-14-11-9(13)5-4-7-12/h9,11-13H,1-8,10H2/t9-/m1/s1. The van der Waals surface area contributed by atoms with Crippen LogP contribution in [-0.2, 0) is 4.84 Å². The van der Waals surface area contributed by atoms with Crippen molar-refractivity contribution >= 4 is 0 Å². The zero-order valence-corrected chi connectivity index (χ0v) is 8.61. The summed E-state index contributed by atoms with van der Waals surface area (Å²) >= 11 is 0. The number of hydrogen-bond acceptors (Lipinski definition) is 5. The molecule has 0 amide bonds. The second-order valence-corrected chi connectivity index (χ2v) is 3.20. The lowest BCUT2D eigenvalue weighted by molar-refractivity contribution is -0.0621. The molecule has 0 bridgehead atoms. The summed E-state index contributed by atoms with van der Waals surface area (Å²) in [5.41, 5.74) is 7.83. The Morgan fingerprint density at radius 1 is 1.21 bits per heavy atom. The highest BCUT2D eigenvalue weighted by atomic mass is 16.7. The van der Waals surface area contributed by atoms with Crippen LogP contribution in [0.5, 0.6) is 0 Å². The molecule has 0 aromatic heterocycles. The van der Waals surface area contributed by atoms with Crippen molar-refractivity contribution < 1.29 is 15.1 Å². The number of unbranched alkanes of at least 4 members (excludes halogenated alkanes) is 2. The minimum absolute atomic E-state index is 0.0925. The van der Waals surface area contributed by atoms with Gasteiger partial charge in [-0.1, -0.05) is 0 Å². The Hall–Kier alpha value is -0.200. The number of aliphatic hydroxyl groups excluding tert-OH is 2. The Bertz CT molecular complexity index is 114. The molecule has 14 heavy (non-hydrogen) atoms. The fourth-order valence-electron chi connectivity index (χ4n) is 0.994. The van der Waals surface area contributed by atoms with Crippen molar-refractivity contribution in [2.75, 3.05) is 19.8 Å². The van der Waals surface area contributed by atoms with E-state index in [9.17, 15) is 5.11 Å². The second-order valence-electron chi connectivity index (χ2n) is 3.20. The maximum atomic E-state index is 9.22. The number of hydrogen-bond donors (Lipinski definition) is 4. The first kappa shape index (κ1) is 13.8. The Balaban J connectivity index is 3.02. The predicted molar refractivity (Wildman–Crippen MR) is 54.3 cm³/mol. The molecule has 0 saturated carbocycles. The average Bonchev–Trinajstić information content (AvgIpc) is 2.20. The molecule has 0 rings (SSSR count). The molecule has 0 heterocycles. The second kappa shape index (κ2) is 10.9. The summed E-state index contributed by atoms with van der Waals surface area (Å²) in [7, 11) is 0. The van der Waals surface area contributed by atoms with Crippen LogP contribution in [0.25, 0.3) is 0 Å². The molecule has 0 fully saturated rings. The molecule has 0 aromatic carbocycles. The highest BCUT2D eigenvalue weighted by molar-refractivity contribution is 4.46. The topological polar surface area (TPSA) is 87.7 Å². The van der Waals surface area contributed by atoms with Crippen LogP contribution in [0.2, 0.25) is 0 Å². The first-order valence-electron chi connectivity index (χ1n) is 5.17. The molecular formula is C9H22N2O3. The van der Waals surface area contributed by atoms with Crippen molar-refractivity contribution in [1.29, 1.82) is 0 Å². The lowest BCUT2D eigenvalue weighted by Gasteiger charge is -2.11. The molecule has 0 saturated heterocycles. The molecule has 86 valence electrons. The molecule has 0 aromatic rings. The number of rotatable bonds is 10. The fourth-order valence-corrected chi connectivity index (χ4v) is 0.994. The van der Waals surface area contributed by atoms with Gasteiger partial charge in [0.25, 0.3) is 0 Å². The smallest absolute Gasteiger partial charge is 0.127 e. The third-order valence-corrected chi connectivity index (χ3v) is 1.81. The molecule has 0 aliphatic carbocycles. The molecule has 5 N–H and O–H groups in total. The van der Waals surface area contributed by atoms with Crippen LogP contribution in [0.15, 0.2) is 0 Å². The number of nitrogens with two attached hydrogens (primary N) is 1. The minimum Gasteiger partial charge on any atom is -0.396 e. The molecule has 0 radical (unpaired) electrons. The van der Waals surface area contributed by atoms with Crippen LogP contribution in [-0.4, -0.2) is 36.2 Å². The number of aliphatic hydroxyl groups is 2. The third kappa shape index (κ3) is 9.88. The molecule has 0 aliphatic heterocycles. The van der Waals surface area contributed by atoms with E-state index in [0.717, 1.165) is 19.3 Å². The van der Waals surface area contributed by atoms with Gasteiger partial charge in [-0.3, -0.25) is 4.84 Å². The highest BCUT2D eigenvalue weighted by Crippen LogP contribution is 1.95. The van der Waals surface area contributed by atoms with Crippen molar-refractivity contribution in [3.8, 4) is 0 Å².